The smallest absolute Gasteiger partial charge is 0.344 e. The highest BCUT2D eigenvalue weighted by molar-refractivity contribution is 5.59. The van der Waals surface area contributed by atoms with E-state index in [1.165, 1.54) is 6.20 Å². The highest BCUT2D eigenvalue weighted by atomic mass is 19.4. The molecule has 0 spiro atoms. The summed E-state index contributed by atoms with van der Waals surface area (Å²) in [5.41, 5.74) is -2.39. The molecule has 3 rings (SSSR count). The van der Waals surface area contributed by atoms with Gasteiger partial charge in [-0.05, 0) is 37.6 Å². The van der Waals surface area contributed by atoms with E-state index >= 15 is 0 Å². The van der Waals surface area contributed by atoms with Crippen molar-refractivity contribution < 1.29 is 26.3 Å². The van der Waals surface area contributed by atoms with Crippen LogP contribution in [0.4, 0.5) is 26.3 Å². The highest BCUT2D eigenvalue weighted by Crippen LogP contribution is 2.38. The number of hydrogen-bond acceptors (Lipinski definition) is 2. The Morgan fingerprint density at radius 3 is 2.08 bits per heavy atom. The SMILES string of the molecule is FC(F)(F)c1cc(-c2nc(C3CCCN3)c[nH]2)cc(C(F)(F)F)c1. The molecule has 2 N–H and O–H groups in total. The van der Waals surface area contributed by atoms with Gasteiger partial charge in [0, 0.05) is 11.8 Å². The number of rotatable bonds is 2. The molecule has 3 nitrogen and oxygen atoms in total. The lowest BCUT2D eigenvalue weighted by molar-refractivity contribution is -0.143. The van der Waals surface area contributed by atoms with Crippen molar-refractivity contribution in [2.45, 2.75) is 31.2 Å². The summed E-state index contributed by atoms with van der Waals surface area (Å²) in [5.74, 6) is -0.0182. The molecule has 0 bridgehead atoms. The Hall–Kier alpha value is -2.03. The van der Waals surface area contributed by atoms with Crippen LogP contribution in [0.5, 0.6) is 0 Å². The molecule has 1 aliphatic heterocycles. The Morgan fingerprint density at radius 1 is 0.958 bits per heavy atom. The summed E-state index contributed by atoms with van der Waals surface area (Å²) in [7, 11) is 0. The summed E-state index contributed by atoms with van der Waals surface area (Å²) in [6.45, 7) is 0.800. The lowest BCUT2D eigenvalue weighted by Crippen LogP contribution is -2.13. The van der Waals surface area contributed by atoms with Crippen molar-refractivity contribution in [1.82, 2.24) is 15.3 Å². The molecule has 0 aliphatic carbocycles. The summed E-state index contributed by atoms with van der Waals surface area (Å²) in [6.07, 6.45) is -6.49. The van der Waals surface area contributed by atoms with Crippen LogP contribution in [0.1, 0.15) is 35.7 Å². The van der Waals surface area contributed by atoms with Gasteiger partial charge in [0.15, 0.2) is 0 Å². The van der Waals surface area contributed by atoms with Gasteiger partial charge in [-0.1, -0.05) is 0 Å². The first kappa shape index (κ1) is 16.8. The van der Waals surface area contributed by atoms with Gasteiger partial charge in [-0.3, -0.25) is 0 Å². The second-order valence-corrected chi connectivity index (χ2v) is 5.62. The first-order chi connectivity index (χ1) is 11.1. The summed E-state index contributed by atoms with van der Waals surface area (Å²) in [5, 5.41) is 3.17. The van der Waals surface area contributed by atoms with Crippen molar-refractivity contribution in [3.8, 4) is 11.4 Å². The number of hydrogen-bond donors (Lipinski definition) is 2. The van der Waals surface area contributed by atoms with Crippen molar-refractivity contribution in [3.63, 3.8) is 0 Å². The maximum atomic E-state index is 12.9. The maximum absolute atomic E-state index is 12.9. The van der Waals surface area contributed by atoms with E-state index in [9.17, 15) is 26.3 Å². The van der Waals surface area contributed by atoms with Crippen LogP contribution in [0.3, 0.4) is 0 Å². The van der Waals surface area contributed by atoms with Crippen LogP contribution in [0.15, 0.2) is 24.4 Å². The molecular formula is C15H13F6N3. The quantitative estimate of drug-likeness (QED) is 0.782. The van der Waals surface area contributed by atoms with Crippen molar-refractivity contribution in [1.29, 1.82) is 0 Å². The largest absolute Gasteiger partial charge is 0.416 e. The van der Waals surface area contributed by atoms with Crippen LogP contribution in [0, 0.1) is 0 Å². The predicted octanol–water partition coefficient (Wildman–Crippen LogP) is 4.54. The molecule has 1 atom stereocenters. The molecule has 1 fully saturated rings. The zero-order valence-corrected chi connectivity index (χ0v) is 12.2. The van der Waals surface area contributed by atoms with E-state index < -0.39 is 23.5 Å². The van der Waals surface area contributed by atoms with E-state index in [1.54, 1.807) is 0 Å². The molecule has 2 aromatic rings. The number of H-pyrrole nitrogens is 1. The minimum atomic E-state index is -4.88. The number of nitrogens with zero attached hydrogens (tertiary/aromatic N) is 1. The third-order valence-corrected chi connectivity index (χ3v) is 3.88. The molecule has 1 aromatic carbocycles. The second kappa shape index (κ2) is 5.80. The lowest BCUT2D eigenvalue weighted by Gasteiger charge is -2.13. The third-order valence-electron chi connectivity index (χ3n) is 3.88. The number of benzene rings is 1. The number of alkyl halides is 6. The Balaban J connectivity index is 2.03. The topological polar surface area (TPSA) is 40.7 Å². The molecule has 2 heterocycles. The average Bonchev–Trinajstić information content (AvgIpc) is 3.16. The van der Waals surface area contributed by atoms with E-state index in [0.29, 0.717) is 17.8 Å². The number of aromatic nitrogens is 2. The molecule has 0 saturated carbocycles. The first-order valence-corrected chi connectivity index (χ1v) is 7.23. The lowest BCUT2D eigenvalue weighted by atomic mass is 10.0. The molecular weight excluding hydrogens is 336 g/mol. The van der Waals surface area contributed by atoms with Gasteiger partial charge >= 0.3 is 12.4 Å². The van der Waals surface area contributed by atoms with Gasteiger partial charge in [0.1, 0.15) is 5.82 Å². The van der Waals surface area contributed by atoms with Gasteiger partial charge in [-0.2, -0.15) is 26.3 Å². The van der Waals surface area contributed by atoms with Crippen LogP contribution in [-0.4, -0.2) is 16.5 Å². The fourth-order valence-corrected chi connectivity index (χ4v) is 2.69. The van der Waals surface area contributed by atoms with E-state index in [-0.39, 0.29) is 23.5 Å². The summed E-state index contributed by atoms with van der Waals surface area (Å²) >= 11 is 0. The van der Waals surface area contributed by atoms with Gasteiger partial charge in [0.05, 0.1) is 22.9 Å². The Morgan fingerprint density at radius 2 is 1.58 bits per heavy atom. The number of halogens is 6. The fraction of sp³-hybridized carbons (Fsp3) is 0.400. The summed E-state index contributed by atoms with van der Waals surface area (Å²) in [6, 6.07) is 1.40. The van der Waals surface area contributed by atoms with Gasteiger partial charge in [0.2, 0.25) is 0 Å². The van der Waals surface area contributed by atoms with Gasteiger partial charge < -0.3 is 10.3 Å². The van der Waals surface area contributed by atoms with Crippen molar-refractivity contribution >= 4 is 0 Å². The maximum Gasteiger partial charge on any atom is 0.416 e. The normalized spacial score (nSPS) is 19.0. The van der Waals surface area contributed by atoms with Crippen molar-refractivity contribution in [2.75, 3.05) is 6.54 Å². The fourth-order valence-electron chi connectivity index (χ4n) is 2.69. The molecule has 1 unspecified atom stereocenters. The van der Waals surface area contributed by atoms with Crippen LogP contribution in [0.25, 0.3) is 11.4 Å². The molecule has 9 heteroatoms. The van der Waals surface area contributed by atoms with Gasteiger partial charge in [0.25, 0.3) is 0 Å². The molecule has 24 heavy (non-hydrogen) atoms. The standard InChI is InChI=1S/C15H13F6N3/c16-14(17,18)9-4-8(5-10(6-9)15(19,20)21)13-23-7-12(24-13)11-2-1-3-22-11/h4-7,11,22H,1-3H2,(H,23,24). The van der Waals surface area contributed by atoms with Gasteiger partial charge in [-0.25, -0.2) is 4.98 Å². The Labute approximate surface area is 133 Å². The zero-order chi connectivity index (χ0) is 17.5. The van der Waals surface area contributed by atoms with Gasteiger partial charge in [-0.15, -0.1) is 0 Å². The summed E-state index contributed by atoms with van der Waals surface area (Å²) < 4.78 is 77.4. The first-order valence-electron chi connectivity index (χ1n) is 7.23. The molecule has 130 valence electrons. The van der Waals surface area contributed by atoms with E-state index in [1.807, 2.05) is 0 Å². The minimum Gasteiger partial charge on any atom is -0.344 e. The molecule has 1 saturated heterocycles. The number of nitrogens with one attached hydrogen (secondary N) is 2. The average molecular weight is 349 g/mol. The van der Waals surface area contributed by atoms with Crippen molar-refractivity contribution in [2.24, 2.45) is 0 Å². The minimum absolute atomic E-state index is 0.0182. The predicted molar refractivity (Wildman–Crippen MR) is 74.0 cm³/mol. The van der Waals surface area contributed by atoms with E-state index in [0.717, 1.165) is 19.4 Å². The molecule has 0 amide bonds. The second-order valence-electron chi connectivity index (χ2n) is 5.62. The zero-order valence-electron chi connectivity index (χ0n) is 12.2. The Kier molecular flexibility index (Phi) is 4.06. The number of aromatic amines is 1. The van der Waals surface area contributed by atoms with E-state index in [4.69, 9.17) is 0 Å². The Bertz CT molecular complexity index is 693. The van der Waals surface area contributed by atoms with Crippen LogP contribution in [-0.2, 0) is 12.4 Å². The van der Waals surface area contributed by atoms with Crippen LogP contribution in [0.2, 0.25) is 0 Å². The molecule has 0 radical (unpaired) electrons. The van der Waals surface area contributed by atoms with Crippen LogP contribution >= 0.6 is 0 Å². The third kappa shape index (κ3) is 3.40. The van der Waals surface area contributed by atoms with E-state index in [2.05, 4.69) is 15.3 Å². The van der Waals surface area contributed by atoms with Crippen LogP contribution < -0.4 is 5.32 Å². The monoisotopic (exact) mass is 349 g/mol. The highest BCUT2D eigenvalue weighted by Gasteiger charge is 2.37. The van der Waals surface area contributed by atoms with Crippen molar-refractivity contribution in [3.05, 3.63) is 41.2 Å². The molecule has 1 aromatic heterocycles. The summed E-state index contributed by atoms with van der Waals surface area (Å²) in [4.78, 5) is 6.83. The number of imidazole rings is 1. The molecule has 1 aliphatic rings.